The van der Waals surface area contributed by atoms with Gasteiger partial charge in [0.2, 0.25) is 0 Å². The molecule has 5 heteroatoms. The van der Waals surface area contributed by atoms with Crippen LogP contribution in [0.1, 0.15) is 25.0 Å². The number of hydrogen-bond donors (Lipinski definition) is 2. The first-order valence-corrected chi connectivity index (χ1v) is 6.27. The molecular formula is C11H16N2O2S. The zero-order valence-electron chi connectivity index (χ0n) is 9.27. The molecule has 0 aliphatic heterocycles. The molecule has 1 aromatic rings. The summed E-state index contributed by atoms with van der Waals surface area (Å²) in [6.07, 6.45) is 4.72. The molecule has 0 spiro atoms. The van der Waals surface area contributed by atoms with Crippen molar-refractivity contribution in [2.45, 2.75) is 31.1 Å². The van der Waals surface area contributed by atoms with Crippen molar-refractivity contribution in [2.75, 3.05) is 5.75 Å². The maximum absolute atomic E-state index is 8.56. The van der Waals surface area contributed by atoms with Crippen molar-refractivity contribution in [3.8, 4) is 0 Å². The summed E-state index contributed by atoms with van der Waals surface area (Å²) in [7, 11) is 0. The van der Waals surface area contributed by atoms with Crippen molar-refractivity contribution in [3.63, 3.8) is 0 Å². The van der Waals surface area contributed by atoms with E-state index in [-0.39, 0.29) is 5.41 Å². The van der Waals surface area contributed by atoms with E-state index in [4.69, 9.17) is 15.4 Å². The van der Waals surface area contributed by atoms with Crippen LogP contribution < -0.4 is 5.73 Å². The van der Waals surface area contributed by atoms with Gasteiger partial charge in [0, 0.05) is 17.1 Å². The number of rotatable bonds is 5. The Labute approximate surface area is 98.9 Å². The van der Waals surface area contributed by atoms with Gasteiger partial charge < -0.3 is 15.4 Å². The molecule has 1 aliphatic carbocycles. The summed E-state index contributed by atoms with van der Waals surface area (Å²) in [5.41, 5.74) is 5.79. The first kappa shape index (κ1) is 11.4. The number of thioether (sulfide) groups is 1. The molecule has 3 N–H and O–H groups in total. The van der Waals surface area contributed by atoms with Gasteiger partial charge in [-0.2, -0.15) is 0 Å². The highest BCUT2D eigenvalue weighted by molar-refractivity contribution is 7.99. The van der Waals surface area contributed by atoms with Crippen LogP contribution in [0.15, 0.2) is 26.8 Å². The highest BCUT2D eigenvalue weighted by Crippen LogP contribution is 2.52. The number of amidine groups is 1. The second kappa shape index (κ2) is 4.41. The zero-order chi connectivity index (χ0) is 11.6. The van der Waals surface area contributed by atoms with Crippen molar-refractivity contribution in [1.82, 2.24) is 0 Å². The highest BCUT2D eigenvalue weighted by atomic mass is 32.2. The molecule has 4 nitrogen and oxygen atoms in total. The average molecular weight is 240 g/mol. The summed E-state index contributed by atoms with van der Waals surface area (Å²) in [5, 5.41) is 11.6. The minimum atomic E-state index is 0.241. The maximum Gasteiger partial charge on any atom is 0.139 e. The van der Waals surface area contributed by atoms with Crippen LogP contribution >= 0.6 is 11.8 Å². The quantitative estimate of drug-likeness (QED) is 0.273. The molecule has 0 aromatic carbocycles. The van der Waals surface area contributed by atoms with Crippen molar-refractivity contribution >= 4 is 17.6 Å². The van der Waals surface area contributed by atoms with Crippen LogP contribution in [-0.2, 0) is 0 Å². The average Bonchev–Trinajstić information content (AvgIpc) is 2.91. The normalized spacial score (nSPS) is 18.7. The Morgan fingerprint density at radius 3 is 2.94 bits per heavy atom. The van der Waals surface area contributed by atoms with Crippen molar-refractivity contribution in [3.05, 3.63) is 18.1 Å². The van der Waals surface area contributed by atoms with E-state index in [1.54, 1.807) is 18.0 Å². The largest absolute Gasteiger partial charge is 0.468 e. The fraction of sp³-hybridized carbons (Fsp3) is 0.545. The molecule has 1 aromatic heterocycles. The molecule has 0 atom stereocenters. The van der Waals surface area contributed by atoms with E-state index >= 15 is 0 Å². The number of nitrogens with two attached hydrogens (primary N) is 1. The molecule has 88 valence electrons. The van der Waals surface area contributed by atoms with Gasteiger partial charge in [0.1, 0.15) is 11.6 Å². The molecule has 0 saturated heterocycles. The van der Waals surface area contributed by atoms with Gasteiger partial charge in [-0.1, -0.05) is 5.16 Å². The molecule has 1 saturated carbocycles. The Hall–Kier alpha value is -1.10. The summed E-state index contributed by atoms with van der Waals surface area (Å²) in [4.78, 5) is 1.19. The fourth-order valence-corrected chi connectivity index (χ4v) is 2.98. The van der Waals surface area contributed by atoms with Gasteiger partial charge >= 0.3 is 0 Å². The highest BCUT2D eigenvalue weighted by Gasteiger charge is 2.43. The summed E-state index contributed by atoms with van der Waals surface area (Å²) in [6, 6.07) is 1.99. The van der Waals surface area contributed by atoms with Crippen LogP contribution in [0.4, 0.5) is 0 Å². The maximum atomic E-state index is 8.56. The minimum absolute atomic E-state index is 0.241. The molecule has 0 amide bonds. The lowest BCUT2D eigenvalue weighted by atomic mass is 10.1. The second-order valence-corrected chi connectivity index (χ2v) is 5.42. The van der Waals surface area contributed by atoms with E-state index in [0.717, 1.165) is 24.4 Å². The van der Waals surface area contributed by atoms with Crippen molar-refractivity contribution < 1.29 is 9.62 Å². The number of aryl methyl sites for hydroxylation is 1. The molecular weight excluding hydrogens is 224 g/mol. The van der Waals surface area contributed by atoms with E-state index < -0.39 is 0 Å². The van der Waals surface area contributed by atoms with Crippen molar-refractivity contribution in [1.29, 1.82) is 0 Å². The first-order valence-electron chi connectivity index (χ1n) is 5.28. The topological polar surface area (TPSA) is 71.8 Å². The standard InChI is InChI=1S/C11H16N2O2S/c1-8-9(2-5-15-8)16-7-11(3-4-11)6-10(12)13-14/h2,5,14H,3-4,6-7H2,1H3,(H2,12,13). The molecule has 1 heterocycles. The predicted octanol–water partition coefficient (Wildman–Crippen LogP) is 2.60. The summed E-state index contributed by atoms with van der Waals surface area (Å²) in [6.45, 7) is 1.96. The van der Waals surface area contributed by atoms with Gasteiger partial charge in [-0.05, 0) is 31.2 Å². The fourth-order valence-electron chi connectivity index (χ4n) is 1.72. The van der Waals surface area contributed by atoms with Crippen LogP contribution in [0.2, 0.25) is 0 Å². The molecule has 0 bridgehead atoms. The van der Waals surface area contributed by atoms with Crippen LogP contribution in [0, 0.1) is 12.3 Å². The third-order valence-corrected chi connectivity index (χ3v) is 4.48. The number of nitrogens with zero attached hydrogens (tertiary/aromatic N) is 1. The third-order valence-electron chi connectivity index (χ3n) is 2.99. The number of oxime groups is 1. The molecule has 0 unspecified atom stereocenters. The summed E-state index contributed by atoms with van der Waals surface area (Å²) >= 11 is 1.79. The van der Waals surface area contributed by atoms with Gasteiger partial charge in [0.25, 0.3) is 0 Å². The van der Waals surface area contributed by atoms with Gasteiger partial charge in [0.05, 0.1) is 6.26 Å². The summed E-state index contributed by atoms with van der Waals surface area (Å²) in [5.74, 6) is 2.30. The Balaban J connectivity index is 1.88. The molecule has 1 fully saturated rings. The van der Waals surface area contributed by atoms with Crippen LogP contribution in [-0.4, -0.2) is 16.8 Å². The second-order valence-electron chi connectivity index (χ2n) is 4.40. The smallest absolute Gasteiger partial charge is 0.139 e. The Morgan fingerprint density at radius 1 is 1.69 bits per heavy atom. The molecule has 2 rings (SSSR count). The minimum Gasteiger partial charge on any atom is -0.468 e. The lowest BCUT2D eigenvalue weighted by Crippen LogP contribution is -2.19. The van der Waals surface area contributed by atoms with Gasteiger partial charge in [-0.3, -0.25) is 0 Å². The lowest BCUT2D eigenvalue weighted by molar-refractivity contribution is 0.315. The Kier molecular flexibility index (Phi) is 3.14. The van der Waals surface area contributed by atoms with Crippen LogP contribution in [0.3, 0.4) is 0 Å². The van der Waals surface area contributed by atoms with Gasteiger partial charge in [-0.15, -0.1) is 11.8 Å². The third kappa shape index (κ3) is 2.52. The molecule has 1 aliphatic rings. The Morgan fingerprint density at radius 2 is 2.44 bits per heavy atom. The number of hydrogen-bond acceptors (Lipinski definition) is 4. The monoisotopic (exact) mass is 240 g/mol. The lowest BCUT2D eigenvalue weighted by Gasteiger charge is -2.12. The predicted molar refractivity (Wildman–Crippen MR) is 63.9 cm³/mol. The van der Waals surface area contributed by atoms with E-state index in [0.29, 0.717) is 12.3 Å². The number of furan rings is 1. The van der Waals surface area contributed by atoms with E-state index in [2.05, 4.69) is 5.16 Å². The van der Waals surface area contributed by atoms with Crippen LogP contribution in [0.25, 0.3) is 0 Å². The first-order chi connectivity index (χ1) is 7.65. The SMILES string of the molecule is Cc1occc1SCC1(C/C(N)=N/O)CC1. The van der Waals surface area contributed by atoms with E-state index in [9.17, 15) is 0 Å². The zero-order valence-corrected chi connectivity index (χ0v) is 10.1. The van der Waals surface area contributed by atoms with E-state index in [1.165, 1.54) is 4.90 Å². The Bertz CT molecular complexity index is 396. The molecule has 16 heavy (non-hydrogen) atoms. The van der Waals surface area contributed by atoms with Gasteiger partial charge in [0.15, 0.2) is 0 Å². The van der Waals surface area contributed by atoms with E-state index in [1.807, 2.05) is 13.0 Å². The molecule has 0 radical (unpaired) electrons. The van der Waals surface area contributed by atoms with Gasteiger partial charge in [-0.25, -0.2) is 0 Å². The van der Waals surface area contributed by atoms with Crippen LogP contribution in [0.5, 0.6) is 0 Å². The van der Waals surface area contributed by atoms with Crippen molar-refractivity contribution in [2.24, 2.45) is 16.3 Å². The summed E-state index contributed by atoms with van der Waals surface area (Å²) < 4.78 is 5.24.